The normalized spacial score (nSPS) is 11.4. The number of hydrogen-bond donors (Lipinski definition) is 3. The lowest BCUT2D eigenvalue weighted by molar-refractivity contribution is 0.121. The number of anilines is 3. The lowest BCUT2D eigenvalue weighted by Gasteiger charge is -2.16. The van der Waals surface area contributed by atoms with Gasteiger partial charge in [-0.25, -0.2) is 9.59 Å². The molecule has 3 amide bonds. The molecule has 0 saturated carbocycles. The number of urea groups is 1. The highest BCUT2D eigenvalue weighted by Gasteiger charge is 2.14. The van der Waals surface area contributed by atoms with Crippen molar-refractivity contribution in [3.63, 3.8) is 0 Å². The van der Waals surface area contributed by atoms with E-state index >= 15 is 0 Å². The van der Waals surface area contributed by atoms with Crippen molar-refractivity contribution in [3.05, 3.63) is 86.3 Å². The lowest BCUT2D eigenvalue weighted by atomic mass is 10.1. The van der Waals surface area contributed by atoms with Crippen molar-refractivity contribution in [1.29, 1.82) is 0 Å². The molecule has 1 atom stereocenters. The molecule has 0 bridgehead atoms. The number of rotatable bonds is 5. The standard InChI is InChI=1S/C22H17Cl4N3O3/c1-12(32-22(31)29-16-6-8-18(24)20(26)11-16)13-3-2-4-14(9-13)27-21(30)28-15-5-7-17(23)19(25)10-15/h2-12H,1H3,(H,29,31)(H2,27,28,30)/t12-/m0/s1. The second-order valence-corrected chi connectivity index (χ2v) is 8.26. The summed E-state index contributed by atoms with van der Waals surface area (Å²) in [5.41, 5.74) is 2.14. The molecule has 0 unspecified atom stereocenters. The number of hydrogen-bond acceptors (Lipinski definition) is 3. The number of halogens is 4. The molecule has 0 heterocycles. The molecule has 3 rings (SSSR count). The van der Waals surface area contributed by atoms with E-state index in [1.807, 2.05) is 0 Å². The zero-order valence-electron chi connectivity index (χ0n) is 16.6. The number of carbonyl (C=O) groups is 2. The first kappa shape index (κ1) is 24.0. The molecule has 0 aliphatic carbocycles. The lowest BCUT2D eigenvalue weighted by Crippen LogP contribution is -2.20. The minimum Gasteiger partial charge on any atom is -0.441 e. The number of carbonyl (C=O) groups excluding carboxylic acids is 2. The Morgan fingerprint density at radius 1 is 0.719 bits per heavy atom. The molecule has 3 aromatic rings. The van der Waals surface area contributed by atoms with Gasteiger partial charge in [0.1, 0.15) is 6.10 Å². The van der Waals surface area contributed by atoms with Crippen LogP contribution in [0.2, 0.25) is 20.1 Å². The van der Waals surface area contributed by atoms with Gasteiger partial charge in [0.15, 0.2) is 0 Å². The first-order chi connectivity index (χ1) is 15.2. The van der Waals surface area contributed by atoms with Gasteiger partial charge in [-0.05, 0) is 61.0 Å². The molecule has 3 aromatic carbocycles. The predicted octanol–water partition coefficient (Wildman–Crippen LogP) is 8.25. The van der Waals surface area contributed by atoms with Crippen LogP contribution in [0, 0.1) is 0 Å². The number of benzene rings is 3. The molecular weight excluding hydrogens is 496 g/mol. The van der Waals surface area contributed by atoms with Crippen LogP contribution in [0.5, 0.6) is 0 Å². The maximum absolute atomic E-state index is 12.3. The fourth-order valence-corrected chi connectivity index (χ4v) is 3.28. The Morgan fingerprint density at radius 2 is 1.25 bits per heavy atom. The van der Waals surface area contributed by atoms with Gasteiger partial charge >= 0.3 is 12.1 Å². The van der Waals surface area contributed by atoms with Gasteiger partial charge in [-0.3, -0.25) is 5.32 Å². The summed E-state index contributed by atoms with van der Waals surface area (Å²) >= 11 is 23.7. The first-order valence-electron chi connectivity index (χ1n) is 9.27. The van der Waals surface area contributed by atoms with Crippen LogP contribution in [-0.4, -0.2) is 12.1 Å². The highest BCUT2D eigenvalue weighted by molar-refractivity contribution is 6.42. The van der Waals surface area contributed by atoms with E-state index in [0.29, 0.717) is 42.7 Å². The Bertz CT molecular complexity index is 1160. The molecule has 10 heteroatoms. The molecule has 0 radical (unpaired) electrons. The number of amides is 3. The summed E-state index contributed by atoms with van der Waals surface area (Å²) in [5.74, 6) is 0. The maximum atomic E-state index is 12.3. The van der Waals surface area contributed by atoms with E-state index in [9.17, 15) is 9.59 Å². The van der Waals surface area contributed by atoms with Gasteiger partial charge in [0.2, 0.25) is 0 Å². The third-order valence-corrected chi connectivity index (χ3v) is 5.72. The third-order valence-electron chi connectivity index (χ3n) is 4.24. The smallest absolute Gasteiger partial charge is 0.412 e. The minimum atomic E-state index is -0.661. The largest absolute Gasteiger partial charge is 0.441 e. The van der Waals surface area contributed by atoms with Crippen molar-refractivity contribution in [1.82, 2.24) is 0 Å². The second kappa shape index (κ2) is 10.8. The van der Waals surface area contributed by atoms with Crippen molar-refractivity contribution in [2.75, 3.05) is 16.0 Å². The Kier molecular flexibility index (Phi) is 8.10. The van der Waals surface area contributed by atoms with E-state index in [-0.39, 0.29) is 0 Å². The second-order valence-electron chi connectivity index (χ2n) is 6.63. The van der Waals surface area contributed by atoms with Crippen LogP contribution in [0.3, 0.4) is 0 Å². The summed E-state index contributed by atoms with van der Waals surface area (Å²) in [6.45, 7) is 1.71. The van der Waals surface area contributed by atoms with Crippen molar-refractivity contribution in [3.8, 4) is 0 Å². The summed E-state index contributed by atoms with van der Waals surface area (Å²) in [6.07, 6.45) is -1.25. The minimum absolute atomic E-state index is 0.315. The molecule has 32 heavy (non-hydrogen) atoms. The van der Waals surface area contributed by atoms with E-state index in [0.717, 1.165) is 0 Å². The zero-order valence-corrected chi connectivity index (χ0v) is 19.6. The van der Waals surface area contributed by atoms with Gasteiger partial charge in [0, 0.05) is 17.1 Å². The third kappa shape index (κ3) is 6.68. The fourth-order valence-electron chi connectivity index (χ4n) is 2.69. The topological polar surface area (TPSA) is 79.5 Å². The SMILES string of the molecule is C[C@H](OC(=O)Nc1ccc(Cl)c(Cl)c1)c1cccc(NC(=O)Nc2ccc(Cl)c(Cl)c2)c1. The quantitative estimate of drug-likeness (QED) is 0.322. The molecule has 0 saturated heterocycles. The number of nitrogens with one attached hydrogen (secondary N) is 3. The maximum Gasteiger partial charge on any atom is 0.412 e. The highest BCUT2D eigenvalue weighted by Crippen LogP contribution is 2.27. The van der Waals surface area contributed by atoms with E-state index in [1.54, 1.807) is 61.5 Å². The molecular formula is C22H17Cl4N3O3. The van der Waals surface area contributed by atoms with Crippen LogP contribution in [0.15, 0.2) is 60.7 Å². The molecule has 3 N–H and O–H groups in total. The number of ether oxygens (including phenoxy) is 1. The Morgan fingerprint density at radius 3 is 1.81 bits per heavy atom. The Balaban J connectivity index is 1.59. The average Bonchev–Trinajstić information content (AvgIpc) is 2.73. The van der Waals surface area contributed by atoms with E-state index < -0.39 is 18.2 Å². The summed E-state index contributed by atoms with van der Waals surface area (Å²) in [4.78, 5) is 24.5. The van der Waals surface area contributed by atoms with Gasteiger partial charge in [-0.15, -0.1) is 0 Å². The zero-order chi connectivity index (χ0) is 23.3. The molecule has 6 nitrogen and oxygen atoms in total. The monoisotopic (exact) mass is 511 g/mol. The first-order valence-corrected chi connectivity index (χ1v) is 10.8. The summed E-state index contributed by atoms with van der Waals surface area (Å²) in [5, 5.41) is 9.39. The van der Waals surface area contributed by atoms with Crippen molar-refractivity contribution in [2.24, 2.45) is 0 Å². The van der Waals surface area contributed by atoms with Gasteiger partial charge in [-0.1, -0.05) is 58.5 Å². The van der Waals surface area contributed by atoms with Crippen LogP contribution in [0.1, 0.15) is 18.6 Å². The molecule has 0 fully saturated rings. The average molecular weight is 513 g/mol. The van der Waals surface area contributed by atoms with Crippen LogP contribution in [0.4, 0.5) is 26.7 Å². The van der Waals surface area contributed by atoms with Crippen molar-refractivity contribution in [2.45, 2.75) is 13.0 Å². The molecule has 0 aliphatic heterocycles. The molecule has 0 spiro atoms. The van der Waals surface area contributed by atoms with Crippen LogP contribution in [0.25, 0.3) is 0 Å². The van der Waals surface area contributed by atoms with Crippen molar-refractivity contribution < 1.29 is 14.3 Å². The van der Waals surface area contributed by atoms with Crippen LogP contribution < -0.4 is 16.0 Å². The molecule has 0 aromatic heterocycles. The summed E-state index contributed by atoms with van der Waals surface area (Å²) in [6, 6.07) is 15.9. The summed E-state index contributed by atoms with van der Waals surface area (Å²) < 4.78 is 5.41. The van der Waals surface area contributed by atoms with Crippen molar-refractivity contribution >= 4 is 75.6 Å². The Labute approximate surface area is 204 Å². The van der Waals surface area contributed by atoms with E-state index in [1.165, 1.54) is 6.07 Å². The molecule has 0 aliphatic rings. The van der Waals surface area contributed by atoms with Gasteiger partial charge in [0.25, 0.3) is 0 Å². The van der Waals surface area contributed by atoms with E-state index in [2.05, 4.69) is 16.0 Å². The van der Waals surface area contributed by atoms with Gasteiger partial charge in [-0.2, -0.15) is 0 Å². The fraction of sp³-hybridized carbons (Fsp3) is 0.0909. The van der Waals surface area contributed by atoms with E-state index in [4.69, 9.17) is 51.1 Å². The van der Waals surface area contributed by atoms with Gasteiger partial charge < -0.3 is 15.4 Å². The Hall–Kier alpha value is -2.64. The van der Waals surface area contributed by atoms with Crippen LogP contribution in [-0.2, 0) is 4.74 Å². The predicted molar refractivity (Wildman–Crippen MR) is 131 cm³/mol. The van der Waals surface area contributed by atoms with Crippen LogP contribution >= 0.6 is 46.4 Å². The van der Waals surface area contributed by atoms with Gasteiger partial charge in [0.05, 0.1) is 20.1 Å². The molecule has 166 valence electrons. The summed E-state index contributed by atoms with van der Waals surface area (Å²) in [7, 11) is 0. The highest BCUT2D eigenvalue weighted by atomic mass is 35.5.